The molecule has 22 heavy (non-hydrogen) atoms. The highest BCUT2D eigenvalue weighted by atomic mass is 16.2. The molecule has 2 aliphatic heterocycles. The number of carbonyl (C=O) groups excluding carboxylic acids is 1. The fourth-order valence-electron chi connectivity index (χ4n) is 4.88. The van der Waals surface area contributed by atoms with Crippen molar-refractivity contribution in [2.24, 2.45) is 11.3 Å². The van der Waals surface area contributed by atoms with E-state index >= 15 is 0 Å². The van der Waals surface area contributed by atoms with E-state index in [9.17, 15) is 4.79 Å². The molecular formula is C18H27N3O. The highest BCUT2D eigenvalue weighted by Gasteiger charge is 2.42. The van der Waals surface area contributed by atoms with Crippen molar-refractivity contribution in [2.45, 2.75) is 64.8 Å². The number of hydrogen-bond acceptors (Lipinski definition) is 2. The van der Waals surface area contributed by atoms with E-state index in [-0.39, 0.29) is 5.92 Å². The number of likely N-dealkylation sites (tertiary alicyclic amines) is 1. The summed E-state index contributed by atoms with van der Waals surface area (Å²) in [5, 5.41) is 0. The van der Waals surface area contributed by atoms with Crippen molar-refractivity contribution in [3.05, 3.63) is 17.7 Å². The molecule has 1 aliphatic carbocycles. The van der Waals surface area contributed by atoms with E-state index in [1.165, 1.54) is 38.5 Å². The fourth-order valence-corrected chi connectivity index (χ4v) is 4.88. The summed E-state index contributed by atoms with van der Waals surface area (Å²) in [5.74, 6) is 1.73. The third-order valence-corrected chi connectivity index (χ3v) is 6.13. The maximum Gasteiger partial charge on any atom is 0.227 e. The van der Waals surface area contributed by atoms with Gasteiger partial charge in [-0.25, -0.2) is 4.98 Å². The molecule has 0 radical (unpaired) electrons. The van der Waals surface area contributed by atoms with E-state index in [1.807, 2.05) is 6.92 Å². The van der Waals surface area contributed by atoms with Crippen LogP contribution in [0.2, 0.25) is 0 Å². The summed E-state index contributed by atoms with van der Waals surface area (Å²) in [7, 11) is 0. The van der Waals surface area contributed by atoms with E-state index in [2.05, 4.69) is 20.6 Å². The number of rotatable bonds is 1. The first kappa shape index (κ1) is 14.3. The molecule has 2 fully saturated rings. The molecule has 1 saturated carbocycles. The number of aryl methyl sites for hydroxylation is 2. The van der Waals surface area contributed by atoms with Crippen LogP contribution in [-0.4, -0.2) is 33.4 Å². The zero-order valence-electron chi connectivity index (χ0n) is 13.7. The van der Waals surface area contributed by atoms with E-state index < -0.39 is 0 Å². The molecule has 4 rings (SSSR count). The van der Waals surface area contributed by atoms with Crippen molar-refractivity contribution in [3.63, 3.8) is 0 Å². The van der Waals surface area contributed by atoms with Gasteiger partial charge in [0, 0.05) is 32.3 Å². The maximum atomic E-state index is 12.9. The Balaban J connectivity index is 1.42. The molecule has 0 N–H and O–H groups in total. The number of carbonyl (C=O) groups is 1. The van der Waals surface area contributed by atoms with Crippen LogP contribution in [0, 0.1) is 18.3 Å². The largest absolute Gasteiger partial charge is 0.342 e. The second kappa shape index (κ2) is 5.39. The Morgan fingerprint density at radius 3 is 2.91 bits per heavy atom. The first-order valence-corrected chi connectivity index (χ1v) is 8.97. The molecule has 0 bridgehead atoms. The molecule has 3 heterocycles. The minimum atomic E-state index is 0.167. The van der Waals surface area contributed by atoms with Crippen molar-refractivity contribution in [1.29, 1.82) is 0 Å². The van der Waals surface area contributed by atoms with E-state index in [4.69, 9.17) is 0 Å². The van der Waals surface area contributed by atoms with E-state index in [1.54, 1.807) is 0 Å². The molecule has 1 unspecified atom stereocenters. The van der Waals surface area contributed by atoms with Crippen LogP contribution in [-0.2, 0) is 17.8 Å². The Morgan fingerprint density at radius 2 is 2.09 bits per heavy atom. The number of imidazole rings is 1. The summed E-state index contributed by atoms with van der Waals surface area (Å²) < 4.78 is 2.20. The van der Waals surface area contributed by atoms with Gasteiger partial charge in [-0.15, -0.1) is 0 Å². The summed E-state index contributed by atoms with van der Waals surface area (Å²) in [4.78, 5) is 19.7. The van der Waals surface area contributed by atoms with Crippen LogP contribution in [0.3, 0.4) is 0 Å². The molecule has 1 saturated heterocycles. The Kier molecular flexibility index (Phi) is 3.50. The molecule has 0 aromatic carbocycles. The van der Waals surface area contributed by atoms with Gasteiger partial charge in [0.2, 0.25) is 5.91 Å². The van der Waals surface area contributed by atoms with Crippen molar-refractivity contribution < 1.29 is 4.79 Å². The summed E-state index contributed by atoms with van der Waals surface area (Å²) in [6.07, 6.45) is 12.1. The van der Waals surface area contributed by atoms with Crippen LogP contribution >= 0.6 is 0 Å². The lowest BCUT2D eigenvalue weighted by Crippen LogP contribution is -2.40. The molecule has 1 atom stereocenters. The van der Waals surface area contributed by atoms with Crippen LogP contribution in [0.15, 0.2) is 6.20 Å². The van der Waals surface area contributed by atoms with Crippen LogP contribution in [0.4, 0.5) is 0 Å². The SMILES string of the molecule is Cc1cn2c(n1)CCC(C(=O)N1CCC3(CCCCC3)C1)C2. The zero-order chi connectivity index (χ0) is 15.2. The average molecular weight is 301 g/mol. The lowest BCUT2D eigenvalue weighted by Gasteiger charge is -2.34. The van der Waals surface area contributed by atoms with Crippen LogP contribution < -0.4 is 0 Å². The molecule has 4 heteroatoms. The number of aromatic nitrogens is 2. The van der Waals surface area contributed by atoms with Crippen molar-refractivity contribution in [1.82, 2.24) is 14.5 Å². The maximum absolute atomic E-state index is 12.9. The summed E-state index contributed by atoms with van der Waals surface area (Å²) in [6.45, 7) is 4.89. The third-order valence-electron chi connectivity index (χ3n) is 6.13. The van der Waals surface area contributed by atoms with Gasteiger partial charge in [0.05, 0.1) is 11.6 Å². The van der Waals surface area contributed by atoms with Crippen molar-refractivity contribution in [3.8, 4) is 0 Å². The smallest absolute Gasteiger partial charge is 0.227 e. The topological polar surface area (TPSA) is 38.1 Å². The monoisotopic (exact) mass is 301 g/mol. The fraction of sp³-hybridized carbons (Fsp3) is 0.778. The van der Waals surface area contributed by atoms with Gasteiger partial charge in [-0.05, 0) is 38.0 Å². The van der Waals surface area contributed by atoms with Crippen molar-refractivity contribution in [2.75, 3.05) is 13.1 Å². The highest BCUT2D eigenvalue weighted by Crippen LogP contribution is 2.44. The summed E-state index contributed by atoms with van der Waals surface area (Å²) in [6, 6.07) is 0. The predicted molar refractivity (Wildman–Crippen MR) is 85.5 cm³/mol. The number of fused-ring (bicyclic) bond motifs is 1. The Morgan fingerprint density at radius 1 is 1.27 bits per heavy atom. The third kappa shape index (κ3) is 2.46. The number of amides is 1. The summed E-state index contributed by atoms with van der Waals surface area (Å²) >= 11 is 0. The first-order valence-electron chi connectivity index (χ1n) is 8.97. The Bertz CT molecular complexity index is 571. The predicted octanol–water partition coefficient (Wildman–Crippen LogP) is 2.94. The number of hydrogen-bond donors (Lipinski definition) is 0. The molecule has 3 aliphatic rings. The summed E-state index contributed by atoms with van der Waals surface area (Å²) in [5.41, 5.74) is 1.55. The first-order chi connectivity index (χ1) is 10.7. The minimum absolute atomic E-state index is 0.167. The standard InChI is InChI=1S/C18H27N3O/c1-14-11-21-12-15(5-6-16(21)19-14)17(22)20-10-9-18(13-20)7-3-2-4-8-18/h11,15H,2-10,12-13H2,1H3. The Labute approximate surface area is 132 Å². The minimum Gasteiger partial charge on any atom is -0.342 e. The van der Waals surface area contributed by atoms with Gasteiger partial charge >= 0.3 is 0 Å². The van der Waals surface area contributed by atoms with Crippen LogP contribution in [0.5, 0.6) is 0 Å². The number of nitrogens with zero attached hydrogens (tertiary/aromatic N) is 3. The lowest BCUT2D eigenvalue weighted by atomic mass is 9.73. The molecule has 1 spiro atoms. The van der Waals surface area contributed by atoms with Gasteiger partial charge in [0.15, 0.2) is 0 Å². The van der Waals surface area contributed by atoms with Gasteiger partial charge in [0.1, 0.15) is 5.82 Å². The van der Waals surface area contributed by atoms with Gasteiger partial charge in [-0.1, -0.05) is 19.3 Å². The highest BCUT2D eigenvalue weighted by molar-refractivity contribution is 5.79. The molecule has 1 aromatic rings. The lowest BCUT2D eigenvalue weighted by molar-refractivity contribution is -0.136. The van der Waals surface area contributed by atoms with Crippen molar-refractivity contribution >= 4 is 5.91 Å². The van der Waals surface area contributed by atoms with Crippen LogP contribution in [0.25, 0.3) is 0 Å². The van der Waals surface area contributed by atoms with Gasteiger partial charge in [-0.3, -0.25) is 4.79 Å². The van der Waals surface area contributed by atoms with Gasteiger partial charge < -0.3 is 9.47 Å². The van der Waals surface area contributed by atoms with Gasteiger partial charge in [0.25, 0.3) is 0 Å². The van der Waals surface area contributed by atoms with Gasteiger partial charge in [-0.2, -0.15) is 0 Å². The van der Waals surface area contributed by atoms with E-state index in [0.29, 0.717) is 11.3 Å². The van der Waals surface area contributed by atoms with E-state index in [0.717, 1.165) is 44.0 Å². The second-order valence-electron chi connectivity index (χ2n) is 7.76. The Hall–Kier alpha value is -1.32. The second-order valence-corrected chi connectivity index (χ2v) is 7.76. The molecule has 1 aromatic heterocycles. The zero-order valence-corrected chi connectivity index (χ0v) is 13.7. The molecule has 120 valence electrons. The average Bonchev–Trinajstić information content (AvgIpc) is 3.09. The normalized spacial score (nSPS) is 27.1. The van der Waals surface area contributed by atoms with Crippen LogP contribution in [0.1, 0.15) is 56.5 Å². The quantitative estimate of drug-likeness (QED) is 0.800. The molecule has 4 nitrogen and oxygen atoms in total. The molecule has 1 amide bonds. The molecular weight excluding hydrogens is 274 g/mol.